The lowest BCUT2D eigenvalue weighted by atomic mass is 9.97. The molecule has 1 fully saturated rings. The van der Waals surface area contributed by atoms with Gasteiger partial charge in [0.15, 0.2) is 5.82 Å². The molecule has 1 aliphatic rings. The standard InChI is InChI=1S/C16H23N5O2/c1-5-13-17-15(23-19-13)12-7-6-8-21(9-12)16(22)14-10(2)18-20(4)11(14)3/h12H,5-9H2,1-4H3/t12-/m1/s1. The second kappa shape index (κ2) is 6.14. The maximum absolute atomic E-state index is 12.9. The normalized spacial score (nSPS) is 18.4. The van der Waals surface area contributed by atoms with Crippen molar-refractivity contribution in [1.82, 2.24) is 24.8 Å². The van der Waals surface area contributed by atoms with E-state index < -0.39 is 0 Å². The summed E-state index contributed by atoms with van der Waals surface area (Å²) in [6, 6.07) is 0. The number of carbonyl (C=O) groups is 1. The minimum absolute atomic E-state index is 0.0491. The smallest absolute Gasteiger partial charge is 0.257 e. The Bertz CT molecular complexity index is 718. The van der Waals surface area contributed by atoms with Crippen molar-refractivity contribution in [2.75, 3.05) is 13.1 Å². The number of aromatic nitrogens is 4. The molecule has 1 aliphatic heterocycles. The van der Waals surface area contributed by atoms with E-state index >= 15 is 0 Å². The minimum Gasteiger partial charge on any atom is -0.339 e. The van der Waals surface area contributed by atoms with E-state index in [2.05, 4.69) is 15.2 Å². The Labute approximate surface area is 135 Å². The van der Waals surface area contributed by atoms with Crippen LogP contribution in [-0.4, -0.2) is 43.8 Å². The van der Waals surface area contributed by atoms with E-state index in [1.54, 1.807) is 4.68 Å². The van der Waals surface area contributed by atoms with Crippen LogP contribution in [0.25, 0.3) is 0 Å². The molecule has 0 saturated carbocycles. The monoisotopic (exact) mass is 317 g/mol. The Hall–Kier alpha value is -2.18. The molecule has 0 N–H and O–H groups in total. The van der Waals surface area contributed by atoms with E-state index in [1.165, 1.54) is 0 Å². The van der Waals surface area contributed by atoms with Crippen molar-refractivity contribution in [3.05, 3.63) is 28.7 Å². The maximum Gasteiger partial charge on any atom is 0.257 e. The predicted molar refractivity (Wildman–Crippen MR) is 84.2 cm³/mol. The molecule has 3 rings (SSSR count). The van der Waals surface area contributed by atoms with Gasteiger partial charge in [-0.05, 0) is 26.7 Å². The largest absolute Gasteiger partial charge is 0.339 e. The van der Waals surface area contributed by atoms with Crippen molar-refractivity contribution in [1.29, 1.82) is 0 Å². The van der Waals surface area contributed by atoms with Gasteiger partial charge in [-0.3, -0.25) is 9.48 Å². The molecular weight excluding hydrogens is 294 g/mol. The topological polar surface area (TPSA) is 77.0 Å². The van der Waals surface area contributed by atoms with Gasteiger partial charge in [-0.1, -0.05) is 12.1 Å². The molecule has 2 aromatic rings. The molecule has 7 heteroatoms. The van der Waals surface area contributed by atoms with Crippen LogP contribution in [0.4, 0.5) is 0 Å². The van der Waals surface area contributed by atoms with Gasteiger partial charge in [0.25, 0.3) is 5.91 Å². The third-order valence-electron chi connectivity index (χ3n) is 4.58. The molecule has 124 valence electrons. The van der Waals surface area contributed by atoms with Crippen LogP contribution in [0.2, 0.25) is 0 Å². The fraction of sp³-hybridized carbons (Fsp3) is 0.625. The van der Waals surface area contributed by atoms with E-state index in [0.717, 1.165) is 43.0 Å². The van der Waals surface area contributed by atoms with Crippen molar-refractivity contribution in [3.8, 4) is 0 Å². The number of likely N-dealkylation sites (tertiary alicyclic amines) is 1. The zero-order valence-electron chi connectivity index (χ0n) is 14.2. The van der Waals surface area contributed by atoms with Crippen LogP contribution in [-0.2, 0) is 13.5 Å². The zero-order chi connectivity index (χ0) is 16.6. The third-order valence-corrected chi connectivity index (χ3v) is 4.58. The van der Waals surface area contributed by atoms with Gasteiger partial charge in [0.1, 0.15) is 0 Å². The first-order valence-electron chi connectivity index (χ1n) is 8.13. The first kappa shape index (κ1) is 15.7. The van der Waals surface area contributed by atoms with E-state index in [-0.39, 0.29) is 11.8 Å². The summed E-state index contributed by atoms with van der Waals surface area (Å²) in [5, 5.41) is 8.31. The number of piperidine rings is 1. The SMILES string of the molecule is CCc1noc([C@@H]2CCCN(C(=O)c3c(C)nn(C)c3C)C2)n1. The van der Waals surface area contributed by atoms with Gasteiger partial charge in [0.2, 0.25) is 5.89 Å². The van der Waals surface area contributed by atoms with Gasteiger partial charge in [0.05, 0.1) is 17.2 Å². The van der Waals surface area contributed by atoms with Crippen molar-refractivity contribution < 1.29 is 9.32 Å². The van der Waals surface area contributed by atoms with Gasteiger partial charge in [-0.25, -0.2) is 0 Å². The van der Waals surface area contributed by atoms with Gasteiger partial charge in [-0.2, -0.15) is 10.1 Å². The zero-order valence-corrected chi connectivity index (χ0v) is 14.2. The van der Waals surface area contributed by atoms with Crippen molar-refractivity contribution >= 4 is 5.91 Å². The molecule has 0 aromatic carbocycles. The van der Waals surface area contributed by atoms with Crippen LogP contribution in [0.5, 0.6) is 0 Å². The van der Waals surface area contributed by atoms with Crippen LogP contribution in [0, 0.1) is 13.8 Å². The van der Waals surface area contributed by atoms with E-state index in [4.69, 9.17) is 4.52 Å². The number of carbonyl (C=O) groups excluding carboxylic acids is 1. The average molecular weight is 317 g/mol. The van der Waals surface area contributed by atoms with Crippen molar-refractivity contribution in [3.63, 3.8) is 0 Å². The Balaban J connectivity index is 1.79. The van der Waals surface area contributed by atoms with E-state index in [9.17, 15) is 4.79 Å². The summed E-state index contributed by atoms with van der Waals surface area (Å²) < 4.78 is 7.12. The predicted octanol–water partition coefficient (Wildman–Crippen LogP) is 2.00. The Morgan fingerprint density at radius 1 is 1.39 bits per heavy atom. The lowest BCUT2D eigenvalue weighted by Gasteiger charge is -2.31. The van der Waals surface area contributed by atoms with Crippen LogP contribution in [0.1, 0.15) is 59.1 Å². The highest BCUT2D eigenvalue weighted by Gasteiger charge is 2.31. The lowest BCUT2D eigenvalue weighted by molar-refractivity contribution is 0.0694. The number of nitrogens with zero attached hydrogens (tertiary/aromatic N) is 5. The molecule has 3 heterocycles. The van der Waals surface area contributed by atoms with Crippen LogP contribution in [0.15, 0.2) is 4.52 Å². The lowest BCUT2D eigenvalue weighted by Crippen LogP contribution is -2.39. The van der Waals surface area contributed by atoms with E-state index in [1.807, 2.05) is 32.7 Å². The van der Waals surface area contributed by atoms with E-state index in [0.29, 0.717) is 18.0 Å². The van der Waals surface area contributed by atoms with Gasteiger partial charge in [-0.15, -0.1) is 0 Å². The second-order valence-corrected chi connectivity index (χ2v) is 6.16. The number of hydrogen-bond acceptors (Lipinski definition) is 5. The molecular formula is C16H23N5O2. The molecule has 23 heavy (non-hydrogen) atoms. The maximum atomic E-state index is 12.9. The van der Waals surface area contributed by atoms with Crippen molar-refractivity contribution in [2.45, 2.75) is 46.0 Å². The molecule has 0 bridgehead atoms. The fourth-order valence-electron chi connectivity index (χ4n) is 3.18. The molecule has 1 atom stereocenters. The molecule has 0 radical (unpaired) electrons. The summed E-state index contributed by atoms with van der Waals surface area (Å²) in [4.78, 5) is 19.2. The van der Waals surface area contributed by atoms with Crippen LogP contribution < -0.4 is 0 Å². The Kier molecular flexibility index (Phi) is 4.19. The summed E-state index contributed by atoms with van der Waals surface area (Å²) in [7, 11) is 1.86. The summed E-state index contributed by atoms with van der Waals surface area (Å²) in [5.74, 6) is 1.55. The van der Waals surface area contributed by atoms with Crippen LogP contribution >= 0.6 is 0 Å². The quantitative estimate of drug-likeness (QED) is 0.865. The molecule has 0 aliphatic carbocycles. The highest BCUT2D eigenvalue weighted by molar-refractivity contribution is 5.96. The minimum atomic E-state index is 0.0491. The number of rotatable bonds is 3. The second-order valence-electron chi connectivity index (χ2n) is 6.16. The summed E-state index contributed by atoms with van der Waals surface area (Å²) >= 11 is 0. The molecule has 0 unspecified atom stereocenters. The van der Waals surface area contributed by atoms with Gasteiger partial charge < -0.3 is 9.42 Å². The molecule has 1 saturated heterocycles. The number of hydrogen-bond donors (Lipinski definition) is 0. The van der Waals surface area contributed by atoms with Gasteiger partial charge in [0, 0.05) is 32.3 Å². The molecule has 7 nitrogen and oxygen atoms in total. The highest BCUT2D eigenvalue weighted by Crippen LogP contribution is 2.27. The third kappa shape index (κ3) is 2.87. The highest BCUT2D eigenvalue weighted by atomic mass is 16.5. The number of amides is 1. The first-order valence-corrected chi connectivity index (χ1v) is 8.13. The average Bonchev–Trinajstić information content (AvgIpc) is 3.12. The number of aryl methyl sites for hydroxylation is 3. The summed E-state index contributed by atoms with van der Waals surface area (Å²) in [5.41, 5.74) is 2.40. The molecule has 1 amide bonds. The van der Waals surface area contributed by atoms with Gasteiger partial charge >= 0.3 is 0 Å². The fourth-order valence-corrected chi connectivity index (χ4v) is 3.18. The van der Waals surface area contributed by atoms with Crippen LogP contribution in [0.3, 0.4) is 0 Å². The van der Waals surface area contributed by atoms with Crippen molar-refractivity contribution in [2.24, 2.45) is 7.05 Å². The summed E-state index contributed by atoms with van der Waals surface area (Å²) in [6.45, 7) is 7.20. The summed E-state index contributed by atoms with van der Waals surface area (Å²) in [6.07, 6.45) is 2.67. The molecule has 0 spiro atoms. The first-order chi connectivity index (χ1) is 11.0. The Morgan fingerprint density at radius 2 is 2.17 bits per heavy atom. The Morgan fingerprint density at radius 3 is 2.78 bits per heavy atom. The molecule has 2 aromatic heterocycles.